The zero-order valence-corrected chi connectivity index (χ0v) is 20.7. The van der Waals surface area contributed by atoms with Crippen LogP contribution in [-0.4, -0.2) is 45.0 Å². The van der Waals surface area contributed by atoms with E-state index in [0.29, 0.717) is 28.2 Å². The van der Waals surface area contributed by atoms with E-state index in [9.17, 15) is 28.1 Å². The molecule has 2 amide bonds. The van der Waals surface area contributed by atoms with Gasteiger partial charge in [-0.3, -0.25) is 24.0 Å². The van der Waals surface area contributed by atoms with Crippen LogP contribution in [0.25, 0.3) is 11.3 Å². The first-order valence-electron chi connectivity index (χ1n) is 11.0. The third-order valence-corrected chi connectivity index (χ3v) is 6.80. The van der Waals surface area contributed by atoms with Crippen molar-refractivity contribution in [3.05, 3.63) is 94.0 Å². The van der Waals surface area contributed by atoms with Gasteiger partial charge in [-0.15, -0.1) is 0 Å². The fourth-order valence-electron chi connectivity index (χ4n) is 3.87. The third kappa shape index (κ3) is 5.43. The summed E-state index contributed by atoms with van der Waals surface area (Å²) in [5.41, 5.74) is 2.79. The van der Waals surface area contributed by atoms with E-state index in [1.54, 1.807) is 36.4 Å². The molecule has 3 aromatic carbocycles. The van der Waals surface area contributed by atoms with E-state index in [-0.39, 0.29) is 23.5 Å². The number of anilines is 3. The Morgan fingerprint density at radius 3 is 2.32 bits per heavy atom. The van der Waals surface area contributed by atoms with Gasteiger partial charge < -0.3 is 16.0 Å². The molecular weight excluding hydrogens is 498 g/mol. The van der Waals surface area contributed by atoms with Crippen molar-refractivity contribution in [2.24, 2.45) is 0 Å². The van der Waals surface area contributed by atoms with Crippen LogP contribution in [0, 0.1) is 10.1 Å². The first kappa shape index (κ1) is 25.4. The molecule has 12 heteroatoms. The zero-order chi connectivity index (χ0) is 26.7. The lowest BCUT2D eigenvalue weighted by Crippen LogP contribution is -2.39. The van der Waals surface area contributed by atoms with Gasteiger partial charge in [0, 0.05) is 36.1 Å². The highest BCUT2D eigenvalue weighted by atomic mass is 32.2. The predicted molar refractivity (Wildman–Crippen MR) is 141 cm³/mol. The van der Waals surface area contributed by atoms with Crippen LogP contribution >= 0.6 is 0 Å². The molecule has 0 bridgehead atoms. The molecule has 190 valence electrons. The summed E-state index contributed by atoms with van der Waals surface area (Å²) in [7, 11) is -2.32. The summed E-state index contributed by atoms with van der Waals surface area (Å²) >= 11 is 0. The highest BCUT2D eigenvalue weighted by Crippen LogP contribution is 2.39. The van der Waals surface area contributed by atoms with Crippen LogP contribution in [0.5, 0.6) is 0 Å². The molecule has 0 fully saturated rings. The number of benzene rings is 3. The summed E-state index contributed by atoms with van der Waals surface area (Å²) < 4.78 is 25.5. The van der Waals surface area contributed by atoms with Crippen molar-refractivity contribution in [3.8, 4) is 0 Å². The molecule has 1 heterocycles. The first-order chi connectivity index (χ1) is 17.6. The Kier molecular flexibility index (Phi) is 6.94. The van der Waals surface area contributed by atoms with E-state index in [1.165, 1.54) is 37.4 Å². The summed E-state index contributed by atoms with van der Waals surface area (Å²) in [4.78, 5) is 35.7. The van der Waals surface area contributed by atoms with Crippen molar-refractivity contribution < 1.29 is 22.9 Å². The number of nitrogens with one attached hydrogen (secondary N) is 3. The van der Waals surface area contributed by atoms with Gasteiger partial charge in [0.25, 0.3) is 11.6 Å². The second-order valence-electron chi connectivity index (χ2n) is 8.17. The minimum absolute atomic E-state index is 0.151. The van der Waals surface area contributed by atoms with Crippen LogP contribution in [-0.2, 0) is 19.6 Å². The Balaban J connectivity index is 1.78. The molecule has 37 heavy (non-hydrogen) atoms. The molecule has 0 unspecified atom stereocenters. The minimum Gasteiger partial charge on any atom is -0.358 e. The molecule has 0 saturated heterocycles. The SMILES string of the molecule is CNC(=O)CN(c1ccc(N/C(=C2\C(=O)Nc3ccc([N+](=O)[O-])cc32)c2ccccc2)cc1)S(C)(=O)=O. The van der Waals surface area contributed by atoms with Gasteiger partial charge >= 0.3 is 0 Å². The highest BCUT2D eigenvalue weighted by molar-refractivity contribution is 7.92. The average Bonchev–Trinajstić information content (AvgIpc) is 3.20. The van der Waals surface area contributed by atoms with E-state index >= 15 is 0 Å². The molecule has 3 N–H and O–H groups in total. The maximum absolute atomic E-state index is 13.0. The van der Waals surface area contributed by atoms with Gasteiger partial charge in [-0.1, -0.05) is 30.3 Å². The number of sulfonamides is 1. The predicted octanol–water partition coefficient (Wildman–Crippen LogP) is 3.04. The second-order valence-corrected chi connectivity index (χ2v) is 10.1. The van der Waals surface area contributed by atoms with Crippen LogP contribution in [0.15, 0.2) is 72.8 Å². The quantitative estimate of drug-likeness (QED) is 0.234. The number of non-ortho nitro benzene ring substituents is 1. The third-order valence-electron chi connectivity index (χ3n) is 5.66. The fourth-order valence-corrected chi connectivity index (χ4v) is 4.72. The van der Waals surface area contributed by atoms with E-state index in [2.05, 4.69) is 16.0 Å². The summed E-state index contributed by atoms with van der Waals surface area (Å²) in [6.45, 7) is -0.378. The van der Waals surface area contributed by atoms with Crippen LogP contribution in [0.3, 0.4) is 0 Å². The summed E-state index contributed by atoms with van der Waals surface area (Å²) in [5, 5.41) is 19.7. The fraction of sp³-hybridized carbons (Fsp3) is 0.120. The largest absolute Gasteiger partial charge is 0.358 e. The van der Waals surface area contributed by atoms with Crippen LogP contribution < -0.4 is 20.3 Å². The maximum atomic E-state index is 13.0. The smallest absolute Gasteiger partial charge is 0.270 e. The molecular formula is C25H23N5O6S. The number of carbonyl (C=O) groups is 2. The van der Waals surface area contributed by atoms with Gasteiger partial charge in [-0.25, -0.2) is 8.42 Å². The Morgan fingerprint density at radius 1 is 1.05 bits per heavy atom. The van der Waals surface area contributed by atoms with Crippen molar-refractivity contribution in [3.63, 3.8) is 0 Å². The number of likely N-dealkylation sites (N-methyl/N-ethyl adjacent to an activating group) is 1. The van der Waals surface area contributed by atoms with E-state index in [4.69, 9.17) is 0 Å². The van der Waals surface area contributed by atoms with Crippen LogP contribution in [0.1, 0.15) is 11.1 Å². The second kappa shape index (κ2) is 10.1. The number of hydrogen-bond donors (Lipinski definition) is 3. The average molecular weight is 522 g/mol. The molecule has 4 rings (SSSR count). The topological polar surface area (TPSA) is 151 Å². The molecule has 0 spiro atoms. The number of rotatable bonds is 8. The molecule has 3 aromatic rings. The monoisotopic (exact) mass is 521 g/mol. The molecule has 0 atom stereocenters. The van der Waals surface area contributed by atoms with E-state index in [1.807, 2.05) is 6.07 Å². The van der Waals surface area contributed by atoms with E-state index < -0.39 is 26.8 Å². The Morgan fingerprint density at radius 2 is 1.73 bits per heavy atom. The zero-order valence-electron chi connectivity index (χ0n) is 19.9. The van der Waals surface area contributed by atoms with Crippen molar-refractivity contribution in [2.75, 3.05) is 34.8 Å². The van der Waals surface area contributed by atoms with Gasteiger partial charge in [0.1, 0.15) is 6.54 Å². The summed E-state index contributed by atoms with van der Waals surface area (Å²) in [6.07, 6.45) is 1.01. The molecule has 0 radical (unpaired) electrons. The molecule has 0 saturated carbocycles. The van der Waals surface area contributed by atoms with Crippen molar-refractivity contribution in [1.29, 1.82) is 0 Å². The number of nitro benzene ring substituents is 1. The van der Waals surface area contributed by atoms with Gasteiger partial charge in [-0.2, -0.15) is 0 Å². The highest BCUT2D eigenvalue weighted by Gasteiger charge is 2.30. The number of nitro groups is 1. The standard InChI is InChI=1S/C25H23N5O6S/c1-26-22(31)15-29(37(2,35)36)18-10-8-17(9-11-18)27-24(16-6-4-3-5-7-16)23-20-14-19(30(33)34)12-13-21(20)28-25(23)32/h3-14,27H,15H2,1-2H3,(H,26,31)(H,28,32)/b24-23-. The first-order valence-corrected chi connectivity index (χ1v) is 12.9. The number of nitrogens with zero attached hydrogens (tertiary/aromatic N) is 2. The molecule has 11 nitrogen and oxygen atoms in total. The molecule has 1 aliphatic heterocycles. The van der Waals surface area contributed by atoms with Gasteiger partial charge in [-0.05, 0) is 35.9 Å². The van der Waals surface area contributed by atoms with Crippen molar-refractivity contribution >= 4 is 55.9 Å². The lowest BCUT2D eigenvalue weighted by atomic mass is 9.99. The normalized spacial score (nSPS) is 13.8. The lowest BCUT2D eigenvalue weighted by Gasteiger charge is -2.22. The van der Waals surface area contributed by atoms with E-state index in [0.717, 1.165) is 10.6 Å². The Labute approximate surface area is 213 Å². The Hall–Kier alpha value is -4.71. The van der Waals surface area contributed by atoms with Crippen LogP contribution in [0.2, 0.25) is 0 Å². The van der Waals surface area contributed by atoms with Gasteiger partial charge in [0.05, 0.1) is 28.1 Å². The maximum Gasteiger partial charge on any atom is 0.270 e. The number of hydrogen-bond acceptors (Lipinski definition) is 7. The van der Waals surface area contributed by atoms with Gasteiger partial charge in [0.15, 0.2) is 0 Å². The lowest BCUT2D eigenvalue weighted by molar-refractivity contribution is -0.384. The minimum atomic E-state index is -3.73. The molecule has 1 aliphatic rings. The molecule has 0 aromatic heterocycles. The number of amides is 2. The number of carbonyl (C=O) groups excluding carboxylic acids is 2. The van der Waals surface area contributed by atoms with Gasteiger partial charge in [0.2, 0.25) is 15.9 Å². The van der Waals surface area contributed by atoms with Crippen molar-refractivity contribution in [2.45, 2.75) is 0 Å². The summed E-state index contributed by atoms with van der Waals surface area (Å²) in [5.74, 6) is -0.893. The molecule has 0 aliphatic carbocycles. The van der Waals surface area contributed by atoms with Crippen molar-refractivity contribution in [1.82, 2.24) is 5.32 Å². The number of fused-ring (bicyclic) bond motifs is 1. The Bertz CT molecular complexity index is 1520. The summed E-state index contributed by atoms with van der Waals surface area (Å²) in [6, 6.07) is 19.5. The van der Waals surface area contributed by atoms with Crippen LogP contribution in [0.4, 0.5) is 22.7 Å².